The topological polar surface area (TPSA) is 9.72 Å². The van der Waals surface area contributed by atoms with Crippen molar-refractivity contribution < 1.29 is 0 Å². The van der Waals surface area contributed by atoms with Gasteiger partial charge in [0.05, 0.1) is 0 Å². The fraction of sp³-hybridized carbons (Fsp3) is 1.00. The third-order valence-corrected chi connectivity index (χ3v) is 13.1. The molecule has 0 spiro atoms. The fourth-order valence-corrected chi connectivity index (χ4v) is 10.6. The van der Waals surface area contributed by atoms with Gasteiger partial charge < -0.3 is 0 Å². The van der Waals surface area contributed by atoms with Gasteiger partial charge in [-0.1, -0.05) is 38.5 Å². The first-order valence-corrected chi connectivity index (χ1v) is 14.5. The van der Waals surface area contributed by atoms with Crippen molar-refractivity contribution in [1.82, 2.24) is 14.0 Å². The van der Waals surface area contributed by atoms with Crippen molar-refractivity contribution in [3.8, 4) is 0 Å². The Kier molecular flexibility index (Phi) is 5.51. The van der Waals surface area contributed by atoms with Crippen molar-refractivity contribution in [2.24, 2.45) is 0 Å². The molecule has 0 aromatic rings. The Labute approximate surface area is 174 Å². The molecular weight excluding hydrogens is 361 g/mol. The Morgan fingerprint density at radius 3 is 0.607 bits per heavy atom. The zero-order valence-electron chi connectivity index (χ0n) is 18.0. The lowest BCUT2D eigenvalue weighted by Crippen LogP contribution is -2.60. The summed E-state index contributed by atoms with van der Waals surface area (Å²) in [5, 5.41) is 0. The largest absolute Gasteiger partial charge is 0.215 e. The van der Waals surface area contributed by atoms with Crippen molar-refractivity contribution in [3.05, 3.63) is 0 Å². The number of nitrogens with zero attached hydrogens (tertiary/aromatic N) is 3. The van der Waals surface area contributed by atoms with E-state index in [-0.39, 0.29) is 0 Å². The van der Waals surface area contributed by atoms with E-state index < -0.39 is 8.37 Å². The van der Waals surface area contributed by atoms with Crippen LogP contribution in [0.25, 0.3) is 0 Å². The highest BCUT2D eigenvalue weighted by atomic mass is 31.2. The highest BCUT2D eigenvalue weighted by Crippen LogP contribution is 2.64. The first kappa shape index (κ1) is 19.0. The van der Waals surface area contributed by atoms with Gasteiger partial charge in [-0.25, -0.2) is 0 Å². The van der Waals surface area contributed by atoms with Crippen LogP contribution in [0.3, 0.4) is 0 Å². The van der Waals surface area contributed by atoms with Crippen molar-refractivity contribution in [2.45, 2.75) is 152 Å². The minimum atomic E-state index is -0.720. The molecule has 6 aliphatic carbocycles. The number of hydrogen-bond acceptors (Lipinski definition) is 3. The van der Waals surface area contributed by atoms with Crippen LogP contribution in [0, 0.1) is 0 Å². The van der Waals surface area contributed by atoms with Gasteiger partial charge in [-0.05, 0) is 77.0 Å². The van der Waals surface area contributed by atoms with Crippen molar-refractivity contribution in [3.63, 3.8) is 0 Å². The molecule has 0 aromatic heterocycles. The van der Waals surface area contributed by atoms with Gasteiger partial charge in [0.2, 0.25) is 8.37 Å². The van der Waals surface area contributed by atoms with E-state index >= 15 is 0 Å². The third kappa shape index (κ3) is 3.22. The lowest BCUT2D eigenvalue weighted by atomic mass is 9.87. The Morgan fingerprint density at radius 1 is 0.321 bits per heavy atom. The van der Waals surface area contributed by atoms with Crippen LogP contribution in [0.15, 0.2) is 0 Å². The van der Waals surface area contributed by atoms with Gasteiger partial charge in [0.15, 0.2) is 0 Å². The maximum atomic E-state index is 3.27. The van der Waals surface area contributed by atoms with Gasteiger partial charge in [0.25, 0.3) is 0 Å². The molecule has 0 aromatic carbocycles. The Hall–Kier alpha value is 0.310. The summed E-state index contributed by atoms with van der Waals surface area (Å²) in [5.41, 5.74) is 0. The summed E-state index contributed by atoms with van der Waals surface area (Å²) in [6, 6.07) is 5.69. The van der Waals surface area contributed by atoms with Crippen molar-refractivity contribution in [1.29, 1.82) is 0 Å². The van der Waals surface area contributed by atoms with Crippen LogP contribution in [0.2, 0.25) is 0 Å². The Bertz CT molecular complexity index is 414. The Morgan fingerprint density at radius 2 is 0.500 bits per heavy atom. The van der Waals surface area contributed by atoms with Crippen LogP contribution < -0.4 is 0 Å². The van der Waals surface area contributed by atoms with Gasteiger partial charge in [-0.2, -0.15) is 0 Å². The number of rotatable bonds is 9. The van der Waals surface area contributed by atoms with Crippen LogP contribution >= 0.6 is 8.37 Å². The zero-order valence-corrected chi connectivity index (χ0v) is 19.0. The molecule has 0 heterocycles. The molecule has 0 N–H and O–H groups in total. The van der Waals surface area contributed by atoms with E-state index in [0.29, 0.717) is 0 Å². The maximum absolute atomic E-state index is 3.27. The molecule has 0 radical (unpaired) electrons. The van der Waals surface area contributed by atoms with E-state index in [1.807, 2.05) is 0 Å². The second-order valence-electron chi connectivity index (χ2n) is 11.0. The van der Waals surface area contributed by atoms with E-state index in [9.17, 15) is 0 Å². The molecule has 28 heavy (non-hydrogen) atoms. The van der Waals surface area contributed by atoms with Gasteiger partial charge in [-0.15, -0.1) is 14.0 Å². The molecule has 0 amide bonds. The van der Waals surface area contributed by atoms with E-state index in [1.54, 1.807) is 0 Å². The fourth-order valence-electron chi connectivity index (χ4n) is 6.26. The third-order valence-electron chi connectivity index (χ3n) is 9.50. The molecule has 3 nitrogen and oxygen atoms in total. The van der Waals surface area contributed by atoms with Gasteiger partial charge >= 0.3 is 0 Å². The predicted octanol–water partition coefficient (Wildman–Crippen LogP) is 6.17. The minimum absolute atomic E-state index is 0.720. The van der Waals surface area contributed by atoms with Crippen LogP contribution in [0.4, 0.5) is 0 Å². The quantitative estimate of drug-likeness (QED) is 0.426. The molecule has 4 heteroatoms. The molecule has 0 atom stereocenters. The molecule has 6 aliphatic rings. The monoisotopic (exact) mass is 404 g/mol. The molecule has 158 valence electrons. The normalized spacial score (nSPS) is 30.9. The molecule has 6 fully saturated rings. The van der Waals surface area contributed by atoms with Crippen LogP contribution in [-0.4, -0.2) is 50.3 Å². The standard InChI is InChI=1S/C24H42N3P/c1-7-19(8-1)25(20-9-2-10-20)28(26(21-11-3-12-21)22-13-4-14-22)27(23-15-5-16-23)24-17-6-18-24/h19-24H,1-18H2/p+1. The lowest BCUT2D eigenvalue weighted by Gasteiger charge is -2.57. The summed E-state index contributed by atoms with van der Waals surface area (Å²) in [7, 11) is -0.720. The highest BCUT2D eigenvalue weighted by molar-refractivity contribution is 7.50. The predicted molar refractivity (Wildman–Crippen MR) is 120 cm³/mol. The number of hydrogen-bond donors (Lipinski definition) is 0. The van der Waals surface area contributed by atoms with E-state index in [2.05, 4.69) is 14.0 Å². The molecule has 0 bridgehead atoms. The second-order valence-corrected chi connectivity index (χ2v) is 13.2. The zero-order chi connectivity index (χ0) is 18.5. The van der Waals surface area contributed by atoms with Gasteiger partial charge in [-0.3, -0.25) is 0 Å². The van der Waals surface area contributed by atoms with Crippen LogP contribution in [0.1, 0.15) is 116 Å². The summed E-state index contributed by atoms with van der Waals surface area (Å²) >= 11 is 0. The minimum Gasteiger partial charge on any atom is -0.144 e. The van der Waals surface area contributed by atoms with Crippen LogP contribution in [0.5, 0.6) is 0 Å². The molecule has 6 rings (SSSR count). The highest BCUT2D eigenvalue weighted by Gasteiger charge is 2.57. The summed E-state index contributed by atoms with van der Waals surface area (Å²) in [6.45, 7) is 0. The molecule has 6 saturated carbocycles. The summed E-state index contributed by atoms with van der Waals surface area (Å²) in [4.78, 5) is 0. The van der Waals surface area contributed by atoms with Crippen LogP contribution in [-0.2, 0) is 0 Å². The first-order chi connectivity index (χ1) is 13.9. The smallest absolute Gasteiger partial charge is 0.144 e. The maximum Gasteiger partial charge on any atom is 0.215 e. The summed E-state index contributed by atoms with van der Waals surface area (Å²) < 4.78 is 9.81. The lowest BCUT2D eigenvalue weighted by molar-refractivity contribution is 0.0455. The summed E-state index contributed by atoms with van der Waals surface area (Å²) in [5.74, 6) is 0. The van der Waals surface area contributed by atoms with Crippen molar-refractivity contribution >= 4 is 8.37 Å². The summed E-state index contributed by atoms with van der Waals surface area (Å²) in [6.07, 6.45) is 27.1. The van der Waals surface area contributed by atoms with E-state index in [4.69, 9.17) is 0 Å². The van der Waals surface area contributed by atoms with E-state index in [1.165, 1.54) is 116 Å². The van der Waals surface area contributed by atoms with Gasteiger partial charge in [0.1, 0.15) is 0 Å². The Balaban J connectivity index is 1.37. The average Bonchev–Trinajstić information content (AvgIpc) is 2.35. The van der Waals surface area contributed by atoms with E-state index in [0.717, 1.165) is 36.3 Å². The second kappa shape index (κ2) is 8.10. The molecule has 0 saturated heterocycles. The van der Waals surface area contributed by atoms with Gasteiger partial charge in [0, 0.05) is 36.3 Å². The average molecular weight is 405 g/mol. The molecule has 0 unspecified atom stereocenters. The molecule has 0 aliphatic heterocycles. The first-order valence-electron chi connectivity index (χ1n) is 13.1. The molecular formula is C24H43N3P+. The van der Waals surface area contributed by atoms with Crippen molar-refractivity contribution in [2.75, 3.05) is 0 Å². The SMILES string of the molecule is C1CC(N(C2CCC2)[PH+](N(C2CCC2)C2CCC2)N(C2CCC2)C2CCC2)C1.